The predicted molar refractivity (Wildman–Crippen MR) is 69.2 cm³/mol. The van der Waals surface area contributed by atoms with E-state index < -0.39 is 16.1 Å². The molecule has 5 heteroatoms. The molecule has 1 aromatic carbocycles. The largest absolute Gasteiger partial charge is 0.213 e. The standard InChI is InChI=1S/C13H16N2O2S/c14-10-13(12-6-7-12)15-18(16,17)9-8-11-4-2-1-3-5-11/h1-5,12-13,15H,6-9H2. The number of hydrogen-bond donors (Lipinski definition) is 1. The monoisotopic (exact) mass is 264 g/mol. The Morgan fingerprint density at radius 1 is 1.33 bits per heavy atom. The van der Waals surface area contributed by atoms with Crippen molar-refractivity contribution in [3.05, 3.63) is 35.9 Å². The van der Waals surface area contributed by atoms with Crippen molar-refractivity contribution in [2.24, 2.45) is 5.92 Å². The summed E-state index contributed by atoms with van der Waals surface area (Å²) in [7, 11) is -3.37. The number of benzene rings is 1. The molecular formula is C13H16N2O2S. The van der Waals surface area contributed by atoms with E-state index in [0.717, 1.165) is 18.4 Å². The third-order valence-corrected chi connectivity index (χ3v) is 4.40. The molecule has 1 N–H and O–H groups in total. The molecule has 0 amide bonds. The van der Waals surface area contributed by atoms with E-state index in [2.05, 4.69) is 4.72 Å². The van der Waals surface area contributed by atoms with Gasteiger partial charge in [-0.25, -0.2) is 8.42 Å². The molecule has 0 heterocycles. The Morgan fingerprint density at radius 3 is 2.56 bits per heavy atom. The first-order valence-corrected chi connectivity index (χ1v) is 7.69. The van der Waals surface area contributed by atoms with E-state index in [1.54, 1.807) is 0 Å². The zero-order valence-corrected chi connectivity index (χ0v) is 10.9. The molecule has 1 atom stereocenters. The lowest BCUT2D eigenvalue weighted by Crippen LogP contribution is -2.37. The van der Waals surface area contributed by atoms with Crippen molar-refractivity contribution in [3.63, 3.8) is 0 Å². The summed E-state index contributed by atoms with van der Waals surface area (Å²) in [6, 6.07) is 11.0. The second kappa shape index (κ2) is 5.51. The van der Waals surface area contributed by atoms with Gasteiger partial charge in [0.05, 0.1) is 11.8 Å². The van der Waals surface area contributed by atoms with Crippen LogP contribution in [0.2, 0.25) is 0 Å². The summed E-state index contributed by atoms with van der Waals surface area (Å²) < 4.78 is 26.2. The Hall–Kier alpha value is -1.38. The molecular weight excluding hydrogens is 248 g/mol. The fourth-order valence-corrected chi connectivity index (χ4v) is 3.06. The number of nitrogens with one attached hydrogen (secondary N) is 1. The number of nitriles is 1. The first-order chi connectivity index (χ1) is 8.61. The lowest BCUT2D eigenvalue weighted by atomic mass is 10.2. The van der Waals surface area contributed by atoms with Gasteiger partial charge in [-0.05, 0) is 30.7 Å². The van der Waals surface area contributed by atoms with Gasteiger partial charge in [0.2, 0.25) is 10.0 Å². The van der Waals surface area contributed by atoms with E-state index in [9.17, 15) is 8.42 Å². The van der Waals surface area contributed by atoms with Crippen molar-refractivity contribution in [1.82, 2.24) is 4.72 Å². The topological polar surface area (TPSA) is 70.0 Å². The molecule has 2 rings (SSSR count). The molecule has 0 aliphatic heterocycles. The molecule has 0 aromatic heterocycles. The van der Waals surface area contributed by atoms with Gasteiger partial charge >= 0.3 is 0 Å². The highest BCUT2D eigenvalue weighted by Gasteiger charge is 2.33. The van der Waals surface area contributed by atoms with Crippen LogP contribution in [0.15, 0.2) is 30.3 Å². The van der Waals surface area contributed by atoms with Crippen LogP contribution in [0.5, 0.6) is 0 Å². The number of rotatable bonds is 6. The number of hydrogen-bond acceptors (Lipinski definition) is 3. The molecule has 0 radical (unpaired) electrons. The first-order valence-electron chi connectivity index (χ1n) is 6.04. The Balaban J connectivity index is 1.89. The van der Waals surface area contributed by atoms with Crippen LogP contribution in [-0.4, -0.2) is 20.2 Å². The maximum Gasteiger partial charge on any atom is 0.213 e. The SMILES string of the molecule is N#CC(NS(=O)(=O)CCc1ccccc1)C1CC1. The minimum Gasteiger partial charge on any atom is -0.212 e. The molecule has 96 valence electrons. The van der Waals surface area contributed by atoms with Gasteiger partial charge in [0, 0.05) is 0 Å². The summed E-state index contributed by atoms with van der Waals surface area (Å²) in [4.78, 5) is 0. The van der Waals surface area contributed by atoms with Crippen molar-refractivity contribution < 1.29 is 8.42 Å². The van der Waals surface area contributed by atoms with Crippen LogP contribution in [0, 0.1) is 17.2 Å². The van der Waals surface area contributed by atoms with Gasteiger partial charge in [0.25, 0.3) is 0 Å². The maximum absolute atomic E-state index is 11.8. The molecule has 0 spiro atoms. The van der Waals surface area contributed by atoms with Crippen LogP contribution in [-0.2, 0) is 16.4 Å². The Kier molecular flexibility index (Phi) is 4.00. The molecule has 0 bridgehead atoms. The molecule has 1 unspecified atom stereocenters. The molecule has 0 saturated heterocycles. The van der Waals surface area contributed by atoms with E-state index in [4.69, 9.17) is 5.26 Å². The average Bonchev–Trinajstić information content (AvgIpc) is 3.19. The van der Waals surface area contributed by atoms with E-state index in [-0.39, 0.29) is 11.7 Å². The Bertz CT molecular complexity index is 530. The van der Waals surface area contributed by atoms with E-state index in [1.165, 1.54) is 0 Å². The smallest absolute Gasteiger partial charge is 0.212 e. The van der Waals surface area contributed by atoms with Crippen molar-refractivity contribution in [3.8, 4) is 6.07 Å². The average molecular weight is 264 g/mol. The van der Waals surface area contributed by atoms with E-state index in [1.807, 2.05) is 36.4 Å². The lowest BCUT2D eigenvalue weighted by Gasteiger charge is -2.11. The Labute approximate surface area is 108 Å². The van der Waals surface area contributed by atoms with Crippen molar-refractivity contribution in [2.75, 3.05) is 5.75 Å². The van der Waals surface area contributed by atoms with Crippen LogP contribution < -0.4 is 4.72 Å². The zero-order chi connectivity index (χ0) is 13.0. The highest BCUT2D eigenvalue weighted by molar-refractivity contribution is 7.89. The second-order valence-corrected chi connectivity index (χ2v) is 6.49. The van der Waals surface area contributed by atoms with Gasteiger partial charge in [-0.2, -0.15) is 9.98 Å². The van der Waals surface area contributed by atoms with Crippen molar-refractivity contribution in [1.29, 1.82) is 5.26 Å². The van der Waals surface area contributed by atoms with E-state index >= 15 is 0 Å². The summed E-state index contributed by atoms with van der Waals surface area (Å²) in [5.74, 6) is 0.239. The third-order valence-electron chi connectivity index (χ3n) is 3.04. The van der Waals surface area contributed by atoms with Crippen molar-refractivity contribution in [2.45, 2.75) is 25.3 Å². The highest BCUT2D eigenvalue weighted by atomic mass is 32.2. The van der Waals surface area contributed by atoms with Crippen molar-refractivity contribution >= 4 is 10.0 Å². The summed E-state index contributed by atoms with van der Waals surface area (Å²) in [5.41, 5.74) is 0.989. The lowest BCUT2D eigenvalue weighted by molar-refractivity contribution is 0.559. The normalized spacial score (nSPS) is 17.1. The first kappa shape index (κ1) is 13.1. The quantitative estimate of drug-likeness (QED) is 0.845. The summed E-state index contributed by atoms with van der Waals surface area (Å²) in [5, 5.41) is 8.91. The summed E-state index contributed by atoms with van der Waals surface area (Å²) in [6.45, 7) is 0. The van der Waals surface area contributed by atoms with Gasteiger partial charge in [-0.3, -0.25) is 0 Å². The highest BCUT2D eigenvalue weighted by Crippen LogP contribution is 2.32. The van der Waals surface area contributed by atoms with Crippen LogP contribution >= 0.6 is 0 Å². The van der Waals surface area contributed by atoms with Gasteiger partial charge in [-0.15, -0.1) is 0 Å². The second-order valence-electron chi connectivity index (χ2n) is 4.62. The van der Waals surface area contributed by atoms with Gasteiger partial charge < -0.3 is 0 Å². The fraction of sp³-hybridized carbons (Fsp3) is 0.462. The summed E-state index contributed by atoms with van der Waals surface area (Å²) >= 11 is 0. The molecule has 1 fully saturated rings. The molecule has 1 saturated carbocycles. The van der Waals surface area contributed by atoms with Gasteiger partial charge in [-0.1, -0.05) is 30.3 Å². The third kappa shape index (κ3) is 3.83. The number of sulfonamides is 1. The van der Waals surface area contributed by atoms with Gasteiger partial charge in [0.15, 0.2) is 0 Å². The minimum absolute atomic E-state index is 0.0297. The van der Waals surface area contributed by atoms with Crippen LogP contribution in [0.4, 0.5) is 0 Å². The minimum atomic E-state index is -3.37. The number of aryl methyl sites for hydroxylation is 1. The van der Waals surface area contributed by atoms with Crippen LogP contribution in [0.3, 0.4) is 0 Å². The van der Waals surface area contributed by atoms with Gasteiger partial charge in [0.1, 0.15) is 6.04 Å². The fourth-order valence-electron chi connectivity index (χ4n) is 1.81. The molecule has 1 aromatic rings. The summed E-state index contributed by atoms with van der Waals surface area (Å²) in [6.07, 6.45) is 2.36. The molecule has 1 aliphatic rings. The predicted octanol–water partition coefficient (Wildman–Crippen LogP) is 1.45. The van der Waals surface area contributed by atoms with Crippen LogP contribution in [0.25, 0.3) is 0 Å². The maximum atomic E-state index is 11.8. The van der Waals surface area contributed by atoms with E-state index in [0.29, 0.717) is 6.42 Å². The zero-order valence-electron chi connectivity index (χ0n) is 10.0. The van der Waals surface area contributed by atoms with Crippen LogP contribution in [0.1, 0.15) is 18.4 Å². The molecule has 18 heavy (non-hydrogen) atoms. The molecule has 4 nitrogen and oxygen atoms in total. The Morgan fingerprint density at radius 2 is 2.00 bits per heavy atom. The molecule has 1 aliphatic carbocycles. The number of nitrogens with zero attached hydrogens (tertiary/aromatic N) is 1.